The molecule has 15 heavy (non-hydrogen) atoms. The molecule has 0 aliphatic carbocycles. The van der Waals surface area contributed by atoms with Gasteiger partial charge in [-0.3, -0.25) is 0 Å². The van der Waals surface area contributed by atoms with Gasteiger partial charge in [0.1, 0.15) is 0 Å². The molecule has 2 atom stereocenters. The number of hydrogen-bond acceptors (Lipinski definition) is 3. The van der Waals surface area contributed by atoms with Gasteiger partial charge in [-0.1, -0.05) is 0 Å². The van der Waals surface area contributed by atoms with Crippen molar-refractivity contribution in [1.82, 2.24) is 15.1 Å². The molecule has 2 unspecified atom stereocenters. The summed E-state index contributed by atoms with van der Waals surface area (Å²) in [7, 11) is 4.32. The number of nitrogens with zero attached hydrogens (tertiary/aromatic N) is 2. The Balaban J connectivity index is 1.75. The highest BCUT2D eigenvalue weighted by Gasteiger charge is 2.30. The van der Waals surface area contributed by atoms with Crippen molar-refractivity contribution in [2.24, 2.45) is 5.92 Å². The van der Waals surface area contributed by atoms with Gasteiger partial charge in [-0.15, -0.1) is 0 Å². The molecule has 2 aliphatic rings. The minimum atomic E-state index is 0.828. The largest absolute Gasteiger partial charge is 0.314 e. The lowest BCUT2D eigenvalue weighted by molar-refractivity contribution is 0.108. The molecule has 1 N–H and O–H groups in total. The zero-order valence-corrected chi connectivity index (χ0v) is 10.2. The molecule has 2 heterocycles. The second kappa shape index (κ2) is 5.28. The van der Waals surface area contributed by atoms with Crippen LogP contribution < -0.4 is 5.32 Å². The molecule has 0 aromatic heterocycles. The summed E-state index contributed by atoms with van der Waals surface area (Å²) >= 11 is 0. The highest BCUT2D eigenvalue weighted by Crippen LogP contribution is 2.24. The van der Waals surface area contributed by atoms with Crippen LogP contribution in [-0.4, -0.2) is 62.7 Å². The Bertz CT molecular complexity index is 193. The Morgan fingerprint density at radius 1 is 1.33 bits per heavy atom. The van der Waals surface area contributed by atoms with Crippen LogP contribution in [0, 0.1) is 5.92 Å². The maximum Gasteiger partial charge on any atom is 0.0120 e. The number of hydrogen-bond donors (Lipinski definition) is 1. The second-order valence-electron chi connectivity index (χ2n) is 5.36. The number of likely N-dealkylation sites (tertiary alicyclic amines) is 1. The van der Waals surface area contributed by atoms with Crippen LogP contribution in [-0.2, 0) is 0 Å². The van der Waals surface area contributed by atoms with Gasteiger partial charge in [-0.2, -0.15) is 0 Å². The van der Waals surface area contributed by atoms with Gasteiger partial charge in [0, 0.05) is 25.7 Å². The first-order valence-corrected chi connectivity index (χ1v) is 6.36. The van der Waals surface area contributed by atoms with E-state index in [1.54, 1.807) is 0 Å². The topological polar surface area (TPSA) is 18.5 Å². The van der Waals surface area contributed by atoms with E-state index in [-0.39, 0.29) is 0 Å². The highest BCUT2D eigenvalue weighted by molar-refractivity contribution is 4.88. The van der Waals surface area contributed by atoms with E-state index in [9.17, 15) is 0 Å². The van der Waals surface area contributed by atoms with Crippen molar-refractivity contribution in [1.29, 1.82) is 0 Å². The fourth-order valence-electron chi connectivity index (χ4n) is 2.86. The maximum atomic E-state index is 3.67. The van der Waals surface area contributed by atoms with Crippen LogP contribution in [0.2, 0.25) is 0 Å². The van der Waals surface area contributed by atoms with Crippen LogP contribution in [0.1, 0.15) is 19.3 Å². The summed E-state index contributed by atoms with van der Waals surface area (Å²) in [6.45, 7) is 6.31. The number of piperidine rings is 2. The van der Waals surface area contributed by atoms with Crippen LogP contribution in [0.4, 0.5) is 0 Å². The fourth-order valence-corrected chi connectivity index (χ4v) is 2.86. The molecule has 2 fully saturated rings. The third-order valence-corrected chi connectivity index (χ3v) is 3.84. The third-order valence-electron chi connectivity index (χ3n) is 3.84. The average Bonchev–Trinajstić information content (AvgIpc) is 2.26. The summed E-state index contributed by atoms with van der Waals surface area (Å²) in [6.07, 6.45) is 4.18. The van der Waals surface area contributed by atoms with E-state index in [4.69, 9.17) is 0 Å². The minimum Gasteiger partial charge on any atom is -0.314 e. The van der Waals surface area contributed by atoms with Gasteiger partial charge >= 0.3 is 0 Å². The Morgan fingerprint density at radius 3 is 3.00 bits per heavy atom. The Hall–Kier alpha value is -0.120. The van der Waals surface area contributed by atoms with Crippen LogP contribution in [0.15, 0.2) is 0 Å². The molecule has 0 spiro atoms. The van der Waals surface area contributed by atoms with Crippen LogP contribution in [0.3, 0.4) is 0 Å². The van der Waals surface area contributed by atoms with Crippen molar-refractivity contribution in [3.05, 3.63) is 0 Å². The zero-order valence-electron chi connectivity index (χ0n) is 10.2. The Morgan fingerprint density at radius 2 is 2.20 bits per heavy atom. The molecule has 0 saturated carbocycles. The second-order valence-corrected chi connectivity index (χ2v) is 5.36. The number of rotatable bonds is 3. The number of nitrogens with one attached hydrogen (secondary N) is 1. The molecule has 2 aliphatic heterocycles. The predicted octanol–water partition coefficient (Wildman–Crippen LogP) is 0.622. The zero-order chi connectivity index (χ0) is 10.7. The quantitative estimate of drug-likeness (QED) is 0.738. The summed E-state index contributed by atoms with van der Waals surface area (Å²) in [5.74, 6) is 0.926. The van der Waals surface area contributed by atoms with E-state index in [0.29, 0.717) is 0 Å². The number of fused-ring (bicyclic) bond motifs is 1. The van der Waals surface area contributed by atoms with Gasteiger partial charge in [0.25, 0.3) is 0 Å². The summed E-state index contributed by atoms with van der Waals surface area (Å²) in [4.78, 5) is 4.93. The van der Waals surface area contributed by atoms with Gasteiger partial charge in [0.15, 0.2) is 0 Å². The summed E-state index contributed by atoms with van der Waals surface area (Å²) in [5.41, 5.74) is 0. The first-order valence-electron chi connectivity index (χ1n) is 6.36. The van der Waals surface area contributed by atoms with E-state index >= 15 is 0 Å². The molecule has 0 aromatic rings. The fraction of sp³-hybridized carbons (Fsp3) is 1.00. The van der Waals surface area contributed by atoms with Gasteiger partial charge in [0.05, 0.1) is 0 Å². The van der Waals surface area contributed by atoms with E-state index in [1.165, 1.54) is 52.0 Å². The minimum absolute atomic E-state index is 0.828. The smallest absolute Gasteiger partial charge is 0.0120 e. The van der Waals surface area contributed by atoms with Gasteiger partial charge in [-0.25, -0.2) is 0 Å². The molecule has 0 bridgehead atoms. The van der Waals surface area contributed by atoms with Crippen LogP contribution in [0.5, 0.6) is 0 Å². The summed E-state index contributed by atoms with van der Waals surface area (Å²) in [5, 5.41) is 3.67. The average molecular weight is 211 g/mol. The van der Waals surface area contributed by atoms with Crippen molar-refractivity contribution in [3.63, 3.8) is 0 Å². The van der Waals surface area contributed by atoms with E-state index in [0.717, 1.165) is 12.0 Å². The first-order chi connectivity index (χ1) is 7.25. The molecule has 3 heteroatoms. The van der Waals surface area contributed by atoms with Crippen molar-refractivity contribution in [2.45, 2.75) is 25.3 Å². The van der Waals surface area contributed by atoms with Gasteiger partial charge in [0.2, 0.25) is 0 Å². The first kappa shape index (κ1) is 11.4. The molecular formula is C12H25N3. The molecule has 2 rings (SSSR count). The summed E-state index contributed by atoms with van der Waals surface area (Å²) in [6, 6.07) is 0.828. The Kier molecular flexibility index (Phi) is 4.00. The molecule has 0 aromatic carbocycles. The Labute approximate surface area is 93.8 Å². The standard InChI is InChI=1S/C12H25N3/c1-14(2)8-9-15-7-5-12-11(10-15)4-3-6-13-12/h11-13H,3-10H2,1-2H3. The lowest BCUT2D eigenvalue weighted by Gasteiger charge is -2.42. The van der Waals surface area contributed by atoms with Gasteiger partial charge < -0.3 is 15.1 Å². The predicted molar refractivity (Wildman–Crippen MR) is 64.1 cm³/mol. The van der Waals surface area contributed by atoms with Crippen molar-refractivity contribution < 1.29 is 0 Å². The monoisotopic (exact) mass is 211 g/mol. The molecule has 0 radical (unpaired) electrons. The molecule has 88 valence electrons. The van der Waals surface area contributed by atoms with Crippen LogP contribution >= 0.6 is 0 Å². The molecule has 0 amide bonds. The molecular weight excluding hydrogens is 186 g/mol. The normalized spacial score (nSPS) is 33.0. The summed E-state index contributed by atoms with van der Waals surface area (Å²) < 4.78 is 0. The molecule has 3 nitrogen and oxygen atoms in total. The molecule has 2 saturated heterocycles. The third kappa shape index (κ3) is 3.16. The number of likely N-dealkylation sites (N-methyl/N-ethyl adjacent to an activating group) is 1. The van der Waals surface area contributed by atoms with Gasteiger partial charge in [-0.05, 0) is 52.4 Å². The lowest BCUT2D eigenvalue weighted by Crippen LogP contribution is -2.52. The van der Waals surface area contributed by atoms with Crippen LogP contribution in [0.25, 0.3) is 0 Å². The highest BCUT2D eigenvalue weighted by atomic mass is 15.2. The SMILES string of the molecule is CN(C)CCN1CCC2NCCCC2C1. The maximum absolute atomic E-state index is 3.67. The lowest BCUT2D eigenvalue weighted by atomic mass is 9.85. The van der Waals surface area contributed by atoms with E-state index in [2.05, 4.69) is 29.2 Å². The van der Waals surface area contributed by atoms with E-state index < -0.39 is 0 Å². The van der Waals surface area contributed by atoms with E-state index in [1.807, 2.05) is 0 Å². The van der Waals surface area contributed by atoms with Crippen molar-refractivity contribution in [3.8, 4) is 0 Å². The van der Waals surface area contributed by atoms with Crippen molar-refractivity contribution in [2.75, 3.05) is 46.8 Å². The van der Waals surface area contributed by atoms with Crippen molar-refractivity contribution >= 4 is 0 Å².